The molecule has 1 aliphatic rings. The van der Waals surface area contributed by atoms with E-state index in [0.29, 0.717) is 25.2 Å². The van der Waals surface area contributed by atoms with Crippen molar-refractivity contribution in [2.45, 2.75) is 12.8 Å². The number of carbonyl (C=O) groups excluding carboxylic acids is 1. The van der Waals surface area contributed by atoms with Gasteiger partial charge in [-0.05, 0) is 45.1 Å². The van der Waals surface area contributed by atoms with Crippen LogP contribution in [0.3, 0.4) is 0 Å². The molecule has 0 spiro atoms. The minimum absolute atomic E-state index is 0.0319. The minimum Gasteiger partial charge on any atom is -0.478 e. The van der Waals surface area contributed by atoms with E-state index in [9.17, 15) is 14.7 Å². The zero-order valence-corrected chi connectivity index (χ0v) is 13.7. The molecule has 23 heavy (non-hydrogen) atoms. The van der Waals surface area contributed by atoms with Crippen LogP contribution in [0.1, 0.15) is 33.6 Å². The molecule has 0 radical (unpaired) electrons. The lowest BCUT2D eigenvalue weighted by atomic mass is 9.80. The number of amides is 1. The lowest BCUT2D eigenvalue weighted by Crippen LogP contribution is -2.51. The van der Waals surface area contributed by atoms with Crippen LogP contribution in [0.15, 0.2) is 24.3 Å². The van der Waals surface area contributed by atoms with Gasteiger partial charge in [-0.3, -0.25) is 4.79 Å². The topological polar surface area (TPSA) is 81.1 Å². The molecule has 1 atom stereocenters. The van der Waals surface area contributed by atoms with Crippen LogP contribution in [0.25, 0.3) is 0 Å². The number of aliphatic hydroxyl groups is 1. The summed E-state index contributed by atoms with van der Waals surface area (Å²) in [5.74, 6) is -1.22. The van der Waals surface area contributed by atoms with Crippen LogP contribution in [-0.4, -0.2) is 72.2 Å². The van der Waals surface area contributed by atoms with Crippen molar-refractivity contribution >= 4 is 11.9 Å². The highest BCUT2D eigenvalue weighted by Crippen LogP contribution is 2.31. The van der Waals surface area contributed by atoms with Gasteiger partial charge >= 0.3 is 5.97 Å². The maximum absolute atomic E-state index is 12.7. The molecule has 0 bridgehead atoms. The van der Waals surface area contributed by atoms with Gasteiger partial charge in [0.15, 0.2) is 0 Å². The van der Waals surface area contributed by atoms with Gasteiger partial charge < -0.3 is 20.0 Å². The van der Waals surface area contributed by atoms with E-state index in [1.54, 1.807) is 17.0 Å². The first-order valence-electron chi connectivity index (χ1n) is 7.75. The summed E-state index contributed by atoms with van der Waals surface area (Å²) in [6.45, 7) is 1.86. The van der Waals surface area contributed by atoms with E-state index in [2.05, 4.69) is 0 Å². The SMILES string of the molecule is CN(C)CC1(CO)CCCN(C(=O)c2cccc(C(=O)O)c2)C1. The summed E-state index contributed by atoms with van der Waals surface area (Å²) in [6, 6.07) is 6.10. The Morgan fingerprint density at radius 2 is 2.00 bits per heavy atom. The van der Waals surface area contributed by atoms with Crippen molar-refractivity contribution in [3.05, 3.63) is 35.4 Å². The number of aromatic carboxylic acids is 1. The molecule has 1 amide bonds. The lowest BCUT2D eigenvalue weighted by molar-refractivity contribution is 0.0138. The number of carboxylic acids is 1. The summed E-state index contributed by atoms with van der Waals surface area (Å²) in [4.78, 5) is 27.5. The van der Waals surface area contributed by atoms with Crippen LogP contribution in [0.2, 0.25) is 0 Å². The zero-order chi connectivity index (χ0) is 17.0. The third kappa shape index (κ3) is 4.09. The van der Waals surface area contributed by atoms with Crippen LogP contribution in [0, 0.1) is 5.41 Å². The molecule has 1 saturated heterocycles. The first-order valence-corrected chi connectivity index (χ1v) is 7.75. The number of carbonyl (C=O) groups is 2. The number of rotatable bonds is 5. The average molecular weight is 320 g/mol. The van der Waals surface area contributed by atoms with Gasteiger partial charge in [-0.1, -0.05) is 6.07 Å². The molecule has 6 heteroatoms. The minimum atomic E-state index is -1.05. The van der Waals surface area contributed by atoms with E-state index >= 15 is 0 Å². The standard InChI is InChI=1S/C17H24N2O4/c1-18(2)10-17(12-20)7-4-8-19(11-17)15(21)13-5-3-6-14(9-13)16(22)23/h3,5-6,9,20H,4,7-8,10-12H2,1-2H3,(H,22,23). The van der Waals surface area contributed by atoms with Crippen molar-refractivity contribution in [2.24, 2.45) is 5.41 Å². The van der Waals surface area contributed by atoms with Crippen molar-refractivity contribution in [3.8, 4) is 0 Å². The summed E-state index contributed by atoms with van der Waals surface area (Å²) in [7, 11) is 3.91. The monoisotopic (exact) mass is 320 g/mol. The highest BCUT2D eigenvalue weighted by molar-refractivity contribution is 5.97. The second kappa shape index (κ2) is 7.10. The Kier molecular flexibility index (Phi) is 5.38. The number of hydrogen-bond donors (Lipinski definition) is 2. The third-order valence-electron chi connectivity index (χ3n) is 4.29. The van der Waals surface area contributed by atoms with Crippen LogP contribution in [-0.2, 0) is 0 Å². The van der Waals surface area contributed by atoms with Crippen LogP contribution >= 0.6 is 0 Å². The number of hydrogen-bond acceptors (Lipinski definition) is 4. The predicted molar refractivity (Wildman–Crippen MR) is 86.6 cm³/mol. The molecule has 1 unspecified atom stereocenters. The van der Waals surface area contributed by atoms with Crippen LogP contribution in [0.4, 0.5) is 0 Å². The first-order chi connectivity index (χ1) is 10.9. The molecule has 126 valence electrons. The maximum atomic E-state index is 12.7. The molecular weight excluding hydrogens is 296 g/mol. The van der Waals surface area contributed by atoms with Crippen molar-refractivity contribution in [2.75, 3.05) is 40.3 Å². The normalized spacial score (nSPS) is 21.5. The molecule has 2 N–H and O–H groups in total. The second-order valence-corrected chi connectivity index (χ2v) is 6.61. The summed E-state index contributed by atoms with van der Waals surface area (Å²) < 4.78 is 0. The highest BCUT2D eigenvalue weighted by atomic mass is 16.4. The van der Waals surface area contributed by atoms with Gasteiger partial charge in [0.1, 0.15) is 0 Å². The number of aliphatic hydroxyl groups excluding tert-OH is 1. The van der Waals surface area contributed by atoms with Crippen LogP contribution < -0.4 is 0 Å². The fourth-order valence-corrected chi connectivity index (χ4v) is 3.33. The Balaban J connectivity index is 2.19. The van der Waals surface area contributed by atoms with Gasteiger partial charge in [-0.25, -0.2) is 4.79 Å². The van der Waals surface area contributed by atoms with E-state index in [0.717, 1.165) is 12.8 Å². The van der Waals surface area contributed by atoms with Crippen molar-refractivity contribution in [1.29, 1.82) is 0 Å². The van der Waals surface area contributed by atoms with Gasteiger partial charge in [0.2, 0.25) is 0 Å². The summed E-state index contributed by atoms with van der Waals surface area (Å²) in [5, 5.41) is 18.9. The van der Waals surface area contributed by atoms with Gasteiger partial charge in [-0.2, -0.15) is 0 Å². The maximum Gasteiger partial charge on any atom is 0.335 e. The second-order valence-electron chi connectivity index (χ2n) is 6.61. The summed E-state index contributed by atoms with van der Waals surface area (Å²) in [5.41, 5.74) is 0.167. The first kappa shape index (κ1) is 17.4. The molecule has 0 aliphatic carbocycles. The molecule has 1 aliphatic heterocycles. The zero-order valence-electron chi connectivity index (χ0n) is 13.7. The molecule has 1 heterocycles. The summed E-state index contributed by atoms with van der Waals surface area (Å²) >= 11 is 0. The van der Waals surface area contributed by atoms with Crippen molar-refractivity contribution in [1.82, 2.24) is 9.80 Å². The molecule has 2 rings (SSSR count). The molecule has 0 aromatic heterocycles. The highest BCUT2D eigenvalue weighted by Gasteiger charge is 2.37. The Bertz CT molecular complexity index is 588. The largest absolute Gasteiger partial charge is 0.478 e. The Hall–Kier alpha value is -1.92. The van der Waals surface area contributed by atoms with E-state index < -0.39 is 5.97 Å². The van der Waals surface area contributed by atoms with E-state index in [1.807, 2.05) is 19.0 Å². The van der Waals surface area contributed by atoms with Gasteiger partial charge in [0.05, 0.1) is 12.2 Å². The number of likely N-dealkylation sites (tertiary alicyclic amines) is 1. The van der Waals surface area contributed by atoms with Crippen molar-refractivity contribution < 1.29 is 19.8 Å². The number of benzene rings is 1. The molecule has 6 nitrogen and oxygen atoms in total. The average Bonchev–Trinajstić information content (AvgIpc) is 2.53. The quantitative estimate of drug-likeness (QED) is 0.851. The molecule has 0 saturated carbocycles. The smallest absolute Gasteiger partial charge is 0.335 e. The van der Waals surface area contributed by atoms with E-state index in [4.69, 9.17) is 5.11 Å². The third-order valence-corrected chi connectivity index (χ3v) is 4.29. The van der Waals surface area contributed by atoms with E-state index in [1.165, 1.54) is 12.1 Å². The fraction of sp³-hybridized carbons (Fsp3) is 0.529. The van der Waals surface area contributed by atoms with Crippen molar-refractivity contribution in [3.63, 3.8) is 0 Å². The lowest BCUT2D eigenvalue weighted by Gasteiger charge is -2.43. The molecule has 1 aromatic carbocycles. The Morgan fingerprint density at radius 3 is 2.61 bits per heavy atom. The number of nitrogens with zero attached hydrogens (tertiary/aromatic N) is 2. The number of piperidine rings is 1. The number of carboxylic acid groups (broad SMARTS) is 1. The molecule has 1 aromatic rings. The molecular formula is C17H24N2O4. The summed E-state index contributed by atoms with van der Waals surface area (Å²) in [6.07, 6.45) is 1.71. The Morgan fingerprint density at radius 1 is 1.30 bits per heavy atom. The van der Waals surface area contributed by atoms with E-state index in [-0.39, 0.29) is 23.5 Å². The van der Waals surface area contributed by atoms with Crippen LogP contribution in [0.5, 0.6) is 0 Å². The van der Waals surface area contributed by atoms with Gasteiger partial charge in [-0.15, -0.1) is 0 Å². The predicted octanol–water partition coefficient (Wildman–Crippen LogP) is 1.16. The molecule has 1 fully saturated rings. The van der Waals surface area contributed by atoms with Gasteiger partial charge in [0, 0.05) is 30.6 Å². The fourth-order valence-electron chi connectivity index (χ4n) is 3.33. The van der Waals surface area contributed by atoms with Gasteiger partial charge in [0.25, 0.3) is 5.91 Å². The Labute approximate surface area is 136 Å².